The summed E-state index contributed by atoms with van der Waals surface area (Å²) in [4.78, 5) is 22.5. The quantitative estimate of drug-likeness (QED) is 0.631. The fraction of sp³-hybridized carbons (Fsp3) is 0.800. The molecular weight excluding hydrogens is 168 g/mol. The second-order valence-corrected chi connectivity index (χ2v) is 4.30. The number of ketones is 1. The number of hydrogen-bond donors (Lipinski definition) is 0. The van der Waals surface area contributed by atoms with Crippen LogP contribution in [0, 0.1) is 11.3 Å². The molecule has 0 heterocycles. The molecule has 0 radical (unpaired) electrons. The van der Waals surface area contributed by atoms with E-state index in [0.717, 1.165) is 0 Å². The van der Waals surface area contributed by atoms with Gasteiger partial charge in [0.2, 0.25) is 0 Å². The van der Waals surface area contributed by atoms with Crippen LogP contribution >= 0.6 is 0 Å². The lowest BCUT2D eigenvalue weighted by Gasteiger charge is -2.20. The molecule has 0 unspecified atom stereocenters. The van der Waals surface area contributed by atoms with Gasteiger partial charge in [0.15, 0.2) is 0 Å². The zero-order valence-electron chi connectivity index (χ0n) is 9.01. The smallest absolute Gasteiger partial charge is 0.306 e. The van der Waals surface area contributed by atoms with Crippen molar-refractivity contribution in [3.05, 3.63) is 0 Å². The molecule has 0 aromatic heterocycles. The van der Waals surface area contributed by atoms with Gasteiger partial charge in [-0.1, -0.05) is 27.7 Å². The molecular formula is C10H18O3. The average molecular weight is 186 g/mol. The van der Waals surface area contributed by atoms with Crippen molar-refractivity contribution in [2.45, 2.75) is 34.1 Å². The van der Waals surface area contributed by atoms with Gasteiger partial charge in [0, 0.05) is 11.3 Å². The van der Waals surface area contributed by atoms with Crippen molar-refractivity contribution in [2.24, 2.45) is 11.3 Å². The Labute approximate surface area is 79.5 Å². The lowest BCUT2D eigenvalue weighted by atomic mass is 9.82. The molecule has 0 saturated carbocycles. The van der Waals surface area contributed by atoms with Crippen LogP contribution < -0.4 is 0 Å². The number of rotatable bonds is 3. The maximum atomic E-state index is 11.6. The van der Waals surface area contributed by atoms with E-state index in [1.54, 1.807) is 6.92 Å². The summed E-state index contributed by atoms with van der Waals surface area (Å²) in [6, 6.07) is 0. The Bertz CT molecular complexity index is 201. The third-order valence-corrected chi connectivity index (χ3v) is 1.89. The van der Waals surface area contributed by atoms with Gasteiger partial charge in [-0.15, -0.1) is 0 Å². The molecule has 76 valence electrons. The summed E-state index contributed by atoms with van der Waals surface area (Å²) >= 11 is 0. The van der Waals surface area contributed by atoms with Gasteiger partial charge in [-0.3, -0.25) is 9.59 Å². The Balaban J connectivity index is 4.20. The molecule has 0 N–H and O–H groups in total. The van der Waals surface area contributed by atoms with E-state index in [9.17, 15) is 9.59 Å². The Kier molecular flexibility index (Phi) is 4.11. The van der Waals surface area contributed by atoms with Crippen LogP contribution in [0.3, 0.4) is 0 Å². The summed E-state index contributed by atoms with van der Waals surface area (Å²) in [6.45, 7) is 7.31. The molecule has 0 aliphatic carbocycles. The second kappa shape index (κ2) is 4.40. The highest BCUT2D eigenvalue weighted by Gasteiger charge is 2.28. The van der Waals surface area contributed by atoms with E-state index in [0.29, 0.717) is 0 Å². The van der Waals surface area contributed by atoms with Crippen LogP contribution in [0.2, 0.25) is 0 Å². The first kappa shape index (κ1) is 12.1. The van der Waals surface area contributed by atoms with Gasteiger partial charge in [-0.2, -0.15) is 0 Å². The van der Waals surface area contributed by atoms with Gasteiger partial charge in [-0.05, 0) is 0 Å². The maximum absolute atomic E-state index is 11.6. The van der Waals surface area contributed by atoms with E-state index >= 15 is 0 Å². The molecule has 0 spiro atoms. The van der Waals surface area contributed by atoms with Crippen molar-refractivity contribution in [1.29, 1.82) is 0 Å². The van der Waals surface area contributed by atoms with Crippen molar-refractivity contribution >= 4 is 11.8 Å². The molecule has 1 atom stereocenters. The minimum Gasteiger partial charge on any atom is -0.469 e. The molecule has 0 aromatic rings. The molecule has 0 amide bonds. The normalized spacial score (nSPS) is 13.6. The largest absolute Gasteiger partial charge is 0.469 e. The average Bonchev–Trinajstić information content (AvgIpc) is 2.01. The predicted octanol–water partition coefficient (Wildman–Crippen LogP) is 1.80. The van der Waals surface area contributed by atoms with E-state index in [4.69, 9.17) is 0 Å². The monoisotopic (exact) mass is 186 g/mol. The first-order chi connectivity index (χ1) is 5.79. The molecule has 0 bridgehead atoms. The van der Waals surface area contributed by atoms with Crippen LogP contribution in [0.1, 0.15) is 34.1 Å². The number of esters is 1. The second-order valence-electron chi connectivity index (χ2n) is 4.30. The molecule has 0 aliphatic heterocycles. The Morgan fingerprint density at radius 1 is 1.31 bits per heavy atom. The van der Waals surface area contributed by atoms with Crippen LogP contribution in [0.4, 0.5) is 0 Å². The summed E-state index contributed by atoms with van der Waals surface area (Å²) in [7, 11) is 1.33. The minimum atomic E-state index is -0.382. The summed E-state index contributed by atoms with van der Waals surface area (Å²) < 4.78 is 4.49. The first-order valence-electron chi connectivity index (χ1n) is 4.40. The van der Waals surface area contributed by atoms with E-state index in [1.807, 2.05) is 20.8 Å². The molecule has 0 fully saturated rings. The van der Waals surface area contributed by atoms with Crippen molar-refractivity contribution in [3.8, 4) is 0 Å². The molecule has 0 saturated heterocycles. The topological polar surface area (TPSA) is 43.4 Å². The Morgan fingerprint density at radius 3 is 2.08 bits per heavy atom. The van der Waals surface area contributed by atoms with E-state index < -0.39 is 0 Å². The lowest BCUT2D eigenvalue weighted by Crippen LogP contribution is -2.28. The first-order valence-corrected chi connectivity index (χ1v) is 4.40. The summed E-state index contributed by atoms with van der Waals surface area (Å²) in [5, 5.41) is 0. The Hall–Kier alpha value is -0.860. The van der Waals surface area contributed by atoms with Crippen molar-refractivity contribution in [2.75, 3.05) is 7.11 Å². The van der Waals surface area contributed by atoms with Crippen molar-refractivity contribution < 1.29 is 14.3 Å². The SMILES string of the molecule is COC(=O)C[C@@H](C)C(=O)C(C)(C)C. The zero-order valence-corrected chi connectivity index (χ0v) is 9.01. The van der Waals surface area contributed by atoms with Gasteiger partial charge in [-0.25, -0.2) is 0 Å². The third kappa shape index (κ3) is 4.06. The number of carbonyl (C=O) groups excluding carboxylic acids is 2. The van der Waals surface area contributed by atoms with Gasteiger partial charge in [0.05, 0.1) is 13.5 Å². The van der Waals surface area contributed by atoms with Crippen LogP contribution in [-0.2, 0) is 14.3 Å². The number of Topliss-reactive ketones (excluding diaryl/α,β-unsaturated/α-hetero) is 1. The highest BCUT2D eigenvalue weighted by molar-refractivity contribution is 5.88. The molecule has 3 heteroatoms. The van der Waals surface area contributed by atoms with Crippen LogP contribution in [0.15, 0.2) is 0 Å². The Morgan fingerprint density at radius 2 is 1.77 bits per heavy atom. The standard InChI is InChI=1S/C10H18O3/c1-7(6-8(11)13-5)9(12)10(2,3)4/h7H,6H2,1-5H3/t7-/m1/s1. The van der Waals surface area contributed by atoms with E-state index in [-0.39, 0.29) is 29.5 Å². The molecule has 0 aliphatic rings. The van der Waals surface area contributed by atoms with E-state index in [2.05, 4.69) is 4.74 Å². The number of methoxy groups -OCH3 is 1. The third-order valence-electron chi connectivity index (χ3n) is 1.89. The maximum Gasteiger partial charge on any atom is 0.306 e. The number of hydrogen-bond acceptors (Lipinski definition) is 3. The highest BCUT2D eigenvalue weighted by Crippen LogP contribution is 2.21. The van der Waals surface area contributed by atoms with Crippen LogP contribution in [0.5, 0.6) is 0 Å². The lowest BCUT2D eigenvalue weighted by molar-refractivity contribution is -0.144. The number of ether oxygens (including phenoxy) is 1. The van der Waals surface area contributed by atoms with Crippen molar-refractivity contribution in [3.63, 3.8) is 0 Å². The minimum absolute atomic E-state index is 0.0953. The van der Waals surface area contributed by atoms with Gasteiger partial charge in [0.1, 0.15) is 5.78 Å². The van der Waals surface area contributed by atoms with Crippen LogP contribution in [-0.4, -0.2) is 18.9 Å². The fourth-order valence-electron chi connectivity index (χ4n) is 1.17. The molecule has 3 nitrogen and oxygen atoms in total. The van der Waals surface area contributed by atoms with E-state index in [1.165, 1.54) is 7.11 Å². The van der Waals surface area contributed by atoms with Gasteiger partial charge >= 0.3 is 5.97 Å². The summed E-state index contributed by atoms with van der Waals surface area (Å²) in [5.41, 5.74) is -0.382. The van der Waals surface area contributed by atoms with Crippen molar-refractivity contribution in [1.82, 2.24) is 0 Å². The number of carbonyl (C=O) groups is 2. The fourth-order valence-corrected chi connectivity index (χ4v) is 1.17. The zero-order chi connectivity index (χ0) is 10.6. The van der Waals surface area contributed by atoms with Crippen LogP contribution in [0.25, 0.3) is 0 Å². The highest BCUT2D eigenvalue weighted by atomic mass is 16.5. The summed E-state index contributed by atoms with van der Waals surface area (Å²) in [5.74, 6) is -0.490. The van der Waals surface area contributed by atoms with Gasteiger partial charge in [0.25, 0.3) is 0 Å². The van der Waals surface area contributed by atoms with Gasteiger partial charge < -0.3 is 4.74 Å². The molecule has 13 heavy (non-hydrogen) atoms. The molecule has 0 rings (SSSR count). The molecule has 0 aromatic carbocycles. The summed E-state index contributed by atoms with van der Waals surface area (Å²) in [6.07, 6.45) is 0.173. The predicted molar refractivity (Wildman–Crippen MR) is 50.3 cm³/mol.